The van der Waals surface area contributed by atoms with Crippen LogP contribution in [0.4, 0.5) is 5.82 Å². The zero-order chi connectivity index (χ0) is 27.3. The minimum Gasteiger partial charge on any atom is -0.507 e. The van der Waals surface area contributed by atoms with Gasteiger partial charge in [-0.15, -0.1) is 11.3 Å². The highest BCUT2D eigenvalue weighted by atomic mass is 32.1. The number of phenolic OH excluding ortho intramolecular Hbond substituents is 1. The molecule has 4 aromatic rings. The van der Waals surface area contributed by atoms with Crippen LogP contribution in [0.1, 0.15) is 39.6 Å². The number of phenols is 1. The number of aromatic hydroxyl groups is 1. The first-order chi connectivity index (χ1) is 18.2. The van der Waals surface area contributed by atoms with Gasteiger partial charge in [0.1, 0.15) is 17.4 Å². The highest BCUT2D eigenvalue weighted by Gasteiger charge is 2.21. The fourth-order valence-corrected chi connectivity index (χ4v) is 4.15. The average Bonchev–Trinajstić information content (AvgIpc) is 3.47. The molecule has 9 nitrogen and oxygen atoms in total. The largest absolute Gasteiger partial charge is 0.507 e. The highest BCUT2D eigenvalue weighted by molar-refractivity contribution is 7.11. The van der Waals surface area contributed by atoms with E-state index in [4.69, 9.17) is 5.73 Å². The molecular weight excluding hydrogens is 500 g/mol. The molecule has 0 aliphatic carbocycles. The Kier molecular flexibility index (Phi) is 7.81. The second-order valence-electron chi connectivity index (χ2n) is 9.33. The van der Waals surface area contributed by atoms with Gasteiger partial charge in [0.25, 0.3) is 11.8 Å². The van der Waals surface area contributed by atoms with Gasteiger partial charge in [0, 0.05) is 34.8 Å². The van der Waals surface area contributed by atoms with Gasteiger partial charge in [-0.25, -0.2) is 9.97 Å². The maximum absolute atomic E-state index is 12.9. The van der Waals surface area contributed by atoms with Crippen molar-refractivity contribution in [3.8, 4) is 34.2 Å². The number of carbonyl (C=O) groups excluding carboxylic acids is 2. The Bertz CT molecular complexity index is 1530. The summed E-state index contributed by atoms with van der Waals surface area (Å²) < 4.78 is 0. The molecular formula is C28H26N6O3S. The molecule has 2 aromatic carbocycles. The molecule has 0 radical (unpaired) electrons. The summed E-state index contributed by atoms with van der Waals surface area (Å²) in [6.45, 7) is 4.74. The summed E-state index contributed by atoms with van der Waals surface area (Å²) >= 11 is 1.15. The number of benzene rings is 2. The van der Waals surface area contributed by atoms with Crippen molar-refractivity contribution >= 4 is 29.0 Å². The van der Waals surface area contributed by atoms with Crippen molar-refractivity contribution < 1.29 is 14.7 Å². The fourth-order valence-electron chi connectivity index (χ4n) is 3.62. The summed E-state index contributed by atoms with van der Waals surface area (Å²) in [7, 11) is 0. The quantitative estimate of drug-likeness (QED) is 0.265. The zero-order valence-corrected chi connectivity index (χ0v) is 21.7. The van der Waals surface area contributed by atoms with Crippen molar-refractivity contribution in [1.82, 2.24) is 15.3 Å². The SMILES string of the molecule is CC(C)(CN)CNC(=O)c1cccc(-c2cc(-c3ccccc3O)nc(NC(=O)c3nccs3)c2C#N)c1. The Hall–Kier alpha value is -4.59. The molecule has 2 heterocycles. The summed E-state index contributed by atoms with van der Waals surface area (Å²) in [4.78, 5) is 34.2. The van der Waals surface area contributed by atoms with Gasteiger partial charge in [-0.05, 0) is 47.9 Å². The van der Waals surface area contributed by atoms with Crippen LogP contribution in [-0.4, -0.2) is 40.0 Å². The second-order valence-corrected chi connectivity index (χ2v) is 10.2. The van der Waals surface area contributed by atoms with E-state index in [1.54, 1.807) is 53.9 Å². The number of pyridine rings is 1. The summed E-state index contributed by atoms with van der Waals surface area (Å²) in [6.07, 6.45) is 1.51. The number of hydrogen-bond acceptors (Lipinski definition) is 8. The Morgan fingerprint density at radius 3 is 2.58 bits per heavy atom. The molecule has 4 rings (SSSR count). The van der Waals surface area contributed by atoms with Crippen LogP contribution < -0.4 is 16.4 Å². The molecule has 38 heavy (non-hydrogen) atoms. The molecule has 192 valence electrons. The van der Waals surface area contributed by atoms with Crippen LogP contribution in [0.3, 0.4) is 0 Å². The summed E-state index contributed by atoms with van der Waals surface area (Å²) in [6, 6.07) is 17.3. The van der Waals surface area contributed by atoms with Gasteiger partial charge < -0.3 is 21.5 Å². The van der Waals surface area contributed by atoms with Crippen LogP contribution in [0, 0.1) is 16.7 Å². The van der Waals surface area contributed by atoms with Crippen LogP contribution in [0.15, 0.2) is 66.2 Å². The van der Waals surface area contributed by atoms with Gasteiger partial charge in [0.15, 0.2) is 10.8 Å². The van der Waals surface area contributed by atoms with Crippen LogP contribution in [-0.2, 0) is 0 Å². The zero-order valence-electron chi connectivity index (χ0n) is 20.9. The molecule has 0 bridgehead atoms. The third-order valence-electron chi connectivity index (χ3n) is 5.89. The van der Waals surface area contributed by atoms with E-state index in [0.29, 0.717) is 41.0 Å². The number of nitriles is 1. The number of hydrogen-bond donors (Lipinski definition) is 4. The second kappa shape index (κ2) is 11.2. The van der Waals surface area contributed by atoms with E-state index in [-0.39, 0.29) is 33.5 Å². The maximum atomic E-state index is 12.9. The monoisotopic (exact) mass is 526 g/mol. The Morgan fingerprint density at radius 1 is 1.11 bits per heavy atom. The average molecular weight is 527 g/mol. The van der Waals surface area contributed by atoms with Crippen LogP contribution in [0.25, 0.3) is 22.4 Å². The van der Waals surface area contributed by atoms with E-state index >= 15 is 0 Å². The molecule has 2 aromatic heterocycles. The van der Waals surface area contributed by atoms with Crippen molar-refractivity contribution in [2.45, 2.75) is 13.8 Å². The van der Waals surface area contributed by atoms with Crippen LogP contribution in [0.5, 0.6) is 5.75 Å². The molecule has 0 aliphatic heterocycles. The molecule has 0 saturated heterocycles. The molecule has 0 unspecified atom stereocenters. The number of carbonyl (C=O) groups is 2. The van der Waals surface area contributed by atoms with E-state index in [0.717, 1.165) is 11.3 Å². The van der Waals surface area contributed by atoms with Gasteiger partial charge in [0.05, 0.1) is 5.69 Å². The lowest BCUT2D eigenvalue weighted by Crippen LogP contribution is -2.38. The third-order valence-corrected chi connectivity index (χ3v) is 6.66. The van der Waals surface area contributed by atoms with E-state index in [1.807, 2.05) is 13.8 Å². The van der Waals surface area contributed by atoms with Gasteiger partial charge in [-0.2, -0.15) is 5.26 Å². The first-order valence-corrected chi connectivity index (χ1v) is 12.6. The van der Waals surface area contributed by atoms with Crippen LogP contribution >= 0.6 is 11.3 Å². The van der Waals surface area contributed by atoms with Gasteiger partial charge in [0.2, 0.25) is 0 Å². The third kappa shape index (κ3) is 5.86. The molecule has 0 fully saturated rings. The number of nitrogens with zero attached hydrogens (tertiary/aromatic N) is 3. The highest BCUT2D eigenvalue weighted by Crippen LogP contribution is 2.35. The number of nitrogens with two attached hydrogens (primary N) is 1. The Morgan fingerprint density at radius 2 is 1.89 bits per heavy atom. The number of thiazole rings is 1. The lowest BCUT2D eigenvalue weighted by molar-refractivity contribution is 0.0937. The standard InChI is InChI=1S/C28H26N6O3S/c1-28(2,15-30)16-32-25(36)18-7-5-6-17(12-18)20-13-22(19-8-3-4-9-23(19)35)33-24(21(20)14-29)34-26(37)27-31-10-11-38-27/h3-13,35H,15-16,30H2,1-2H3,(H,32,36)(H,33,34,37). The lowest BCUT2D eigenvalue weighted by atomic mass is 9.93. The van der Waals surface area contributed by atoms with E-state index in [9.17, 15) is 20.0 Å². The number of rotatable bonds is 8. The summed E-state index contributed by atoms with van der Waals surface area (Å²) in [5.41, 5.74) is 7.78. The summed E-state index contributed by atoms with van der Waals surface area (Å²) in [5.74, 6) is -0.786. The van der Waals surface area contributed by atoms with Crippen LogP contribution in [0.2, 0.25) is 0 Å². The first kappa shape index (κ1) is 26.5. The van der Waals surface area contributed by atoms with Crippen molar-refractivity contribution in [2.24, 2.45) is 11.1 Å². The van der Waals surface area contributed by atoms with E-state index < -0.39 is 5.91 Å². The van der Waals surface area contributed by atoms with Crippen molar-refractivity contribution in [3.63, 3.8) is 0 Å². The number of aromatic nitrogens is 2. The van der Waals surface area contributed by atoms with E-state index in [1.165, 1.54) is 12.3 Å². The summed E-state index contributed by atoms with van der Waals surface area (Å²) in [5, 5.41) is 28.1. The van der Waals surface area contributed by atoms with Crippen molar-refractivity contribution in [3.05, 3.63) is 82.3 Å². The minimum atomic E-state index is -0.514. The predicted octanol–water partition coefficient (Wildman–Crippen LogP) is 4.42. The van der Waals surface area contributed by atoms with Gasteiger partial charge in [-0.1, -0.05) is 38.1 Å². The van der Waals surface area contributed by atoms with Gasteiger partial charge in [-0.3, -0.25) is 9.59 Å². The molecule has 0 saturated carbocycles. The molecule has 2 amide bonds. The smallest absolute Gasteiger partial charge is 0.285 e. The first-order valence-electron chi connectivity index (χ1n) is 11.8. The molecule has 5 N–H and O–H groups in total. The maximum Gasteiger partial charge on any atom is 0.285 e. The number of para-hydroxylation sites is 1. The number of nitrogens with one attached hydrogen (secondary N) is 2. The predicted molar refractivity (Wildman–Crippen MR) is 147 cm³/mol. The molecule has 10 heteroatoms. The molecule has 0 atom stereocenters. The molecule has 0 spiro atoms. The minimum absolute atomic E-state index is 0.0106. The van der Waals surface area contributed by atoms with Crippen molar-refractivity contribution in [2.75, 3.05) is 18.4 Å². The lowest BCUT2D eigenvalue weighted by Gasteiger charge is -2.22. The number of anilines is 1. The van der Waals surface area contributed by atoms with Gasteiger partial charge >= 0.3 is 0 Å². The fraction of sp³-hybridized carbons (Fsp3) is 0.179. The topological polar surface area (TPSA) is 154 Å². The normalized spacial score (nSPS) is 11.0. The van der Waals surface area contributed by atoms with E-state index in [2.05, 4.69) is 26.7 Å². The Labute approximate surface area is 224 Å². The molecule has 0 aliphatic rings. The Balaban J connectivity index is 1.81. The van der Waals surface area contributed by atoms with Crippen molar-refractivity contribution in [1.29, 1.82) is 5.26 Å². The number of amides is 2.